The van der Waals surface area contributed by atoms with Crippen molar-refractivity contribution in [2.75, 3.05) is 25.5 Å². The summed E-state index contributed by atoms with van der Waals surface area (Å²) in [6.45, 7) is 2.19. The molecule has 0 aliphatic heterocycles. The average molecular weight is 276 g/mol. The van der Waals surface area contributed by atoms with Gasteiger partial charge in [-0.2, -0.15) is 5.26 Å². The van der Waals surface area contributed by atoms with Crippen LogP contribution in [0.4, 0.5) is 11.4 Å². The number of amides is 1. The molecule has 0 saturated carbocycles. The van der Waals surface area contributed by atoms with Crippen LogP contribution in [0.5, 0.6) is 0 Å². The lowest BCUT2D eigenvalue weighted by Crippen LogP contribution is -2.34. The van der Waals surface area contributed by atoms with E-state index in [-0.39, 0.29) is 23.1 Å². The molecule has 1 atom stereocenters. The maximum Gasteiger partial charge on any atom is 0.289 e. The largest absolute Gasteiger partial charge is 0.374 e. The number of nitro benzene ring substituents is 1. The lowest BCUT2D eigenvalue weighted by Gasteiger charge is -2.22. The molecular formula is C13H16N4O3. The number of nitrogens with zero attached hydrogens (tertiary/aromatic N) is 3. The van der Waals surface area contributed by atoms with Crippen LogP contribution < -0.4 is 10.2 Å². The van der Waals surface area contributed by atoms with Crippen LogP contribution in [0.2, 0.25) is 0 Å². The highest BCUT2D eigenvalue weighted by Gasteiger charge is 2.18. The predicted molar refractivity (Wildman–Crippen MR) is 74.3 cm³/mol. The summed E-state index contributed by atoms with van der Waals surface area (Å²) in [6.07, 6.45) is 0. The van der Waals surface area contributed by atoms with Crippen LogP contribution in [0.3, 0.4) is 0 Å². The van der Waals surface area contributed by atoms with E-state index >= 15 is 0 Å². The number of anilines is 1. The Balaban J connectivity index is 2.97. The highest BCUT2D eigenvalue weighted by molar-refractivity contribution is 5.78. The van der Waals surface area contributed by atoms with E-state index in [1.807, 2.05) is 0 Å². The molecule has 0 bridgehead atoms. The molecule has 1 unspecified atom stereocenters. The Kier molecular flexibility index (Phi) is 5.03. The molecule has 0 aliphatic rings. The molecule has 20 heavy (non-hydrogen) atoms. The molecule has 0 saturated heterocycles. The van der Waals surface area contributed by atoms with Crippen molar-refractivity contribution in [2.24, 2.45) is 5.92 Å². The second-order valence-corrected chi connectivity index (χ2v) is 4.47. The molecule has 0 heterocycles. The standard InChI is InChI=1S/C13H16N4O3/c1-9(13(18)15-2)8-16(3)11-5-4-10(7-14)12(6-11)17(19)20/h4-6,9H,8H2,1-3H3,(H,15,18). The molecule has 1 aromatic rings. The van der Waals surface area contributed by atoms with Crippen molar-refractivity contribution < 1.29 is 9.72 Å². The van der Waals surface area contributed by atoms with E-state index in [9.17, 15) is 14.9 Å². The summed E-state index contributed by atoms with van der Waals surface area (Å²) in [5.74, 6) is -0.348. The molecule has 0 aliphatic carbocycles. The van der Waals surface area contributed by atoms with Gasteiger partial charge in [0.2, 0.25) is 5.91 Å². The number of benzene rings is 1. The lowest BCUT2D eigenvalue weighted by molar-refractivity contribution is -0.385. The van der Waals surface area contributed by atoms with E-state index < -0.39 is 4.92 Å². The molecule has 7 nitrogen and oxygen atoms in total. The van der Waals surface area contributed by atoms with Crippen molar-refractivity contribution in [1.29, 1.82) is 5.26 Å². The summed E-state index contributed by atoms with van der Waals surface area (Å²) in [5.41, 5.74) is 0.377. The van der Waals surface area contributed by atoms with Crippen LogP contribution in [0.15, 0.2) is 18.2 Å². The Morgan fingerprint density at radius 1 is 1.60 bits per heavy atom. The lowest BCUT2D eigenvalue weighted by atomic mass is 10.1. The van der Waals surface area contributed by atoms with Gasteiger partial charge in [-0.05, 0) is 12.1 Å². The number of nitriles is 1. The third-order valence-corrected chi connectivity index (χ3v) is 2.98. The van der Waals surface area contributed by atoms with Gasteiger partial charge in [-0.15, -0.1) is 0 Å². The Hall–Kier alpha value is -2.62. The quantitative estimate of drug-likeness (QED) is 0.645. The number of rotatable bonds is 5. The van der Waals surface area contributed by atoms with E-state index in [2.05, 4.69) is 5.32 Å². The minimum atomic E-state index is -0.585. The van der Waals surface area contributed by atoms with E-state index in [4.69, 9.17) is 5.26 Å². The number of hydrogen-bond acceptors (Lipinski definition) is 5. The van der Waals surface area contributed by atoms with Crippen molar-refractivity contribution in [3.63, 3.8) is 0 Å². The van der Waals surface area contributed by atoms with Crippen molar-refractivity contribution in [1.82, 2.24) is 5.32 Å². The van der Waals surface area contributed by atoms with Gasteiger partial charge in [-0.3, -0.25) is 14.9 Å². The third-order valence-electron chi connectivity index (χ3n) is 2.98. The molecule has 0 radical (unpaired) electrons. The average Bonchev–Trinajstić information content (AvgIpc) is 2.45. The van der Waals surface area contributed by atoms with Crippen LogP contribution in [0, 0.1) is 27.4 Å². The van der Waals surface area contributed by atoms with Crippen molar-refractivity contribution in [3.05, 3.63) is 33.9 Å². The number of nitrogens with one attached hydrogen (secondary N) is 1. The summed E-state index contributed by atoms with van der Waals surface area (Å²) in [7, 11) is 3.30. The zero-order valence-electron chi connectivity index (χ0n) is 11.6. The van der Waals surface area contributed by atoms with Gasteiger partial charge >= 0.3 is 0 Å². The fourth-order valence-electron chi connectivity index (χ4n) is 1.85. The maximum absolute atomic E-state index is 11.5. The molecule has 0 fully saturated rings. The Morgan fingerprint density at radius 2 is 2.25 bits per heavy atom. The van der Waals surface area contributed by atoms with E-state index in [1.165, 1.54) is 12.1 Å². The second kappa shape index (κ2) is 6.52. The van der Waals surface area contributed by atoms with Gasteiger partial charge in [0.1, 0.15) is 11.6 Å². The topological polar surface area (TPSA) is 99.3 Å². The normalized spacial score (nSPS) is 11.3. The summed E-state index contributed by atoms with van der Waals surface area (Å²) < 4.78 is 0. The molecule has 1 aromatic carbocycles. The minimum Gasteiger partial charge on any atom is -0.374 e. The van der Waals surface area contributed by atoms with Gasteiger partial charge in [-0.1, -0.05) is 6.92 Å². The summed E-state index contributed by atoms with van der Waals surface area (Å²) in [6, 6.07) is 6.17. The van der Waals surface area contributed by atoms with Crippen molar-refractivity contribution in [3.8, 4) is 6.07 Å². The van der Waals surface area contributed by atoms with E-state index in [1.54, 1.807) is 38.1 Å². The third kappa shape index (κ3) is 3.45. The first-order valence-corrected chi connectivity index (χ1v) is 6.02. The Bertz CT molecular complexity index is 565. The monoisotopic (exact) mass is 276 g/mol. The number of carbonyl (C=O) groups is 1. The van der Waals surface area contributed by atoms with Crippen LogP contribution in [0.1, 0.15) is 12.5 Å². The van der Waals surface area contributed by atoms with E-state index in [0.29, 0.717) is 12.2 Å². The molecule has 1 rings (SSSR count). The molecule has 1 amide bonds. The van der Waals surface area contributed by atoms with Gasteiger partial charge < -0.3 is 10.2 Å². The zero-order chi connectivity index (χ0) is 15.3. The summed E-state index contributed by atoms with van der Waals surface area (Å²) in [5, 5.41) is 22.3. The maximum atomic E-state index is 11.5. The Labute approximate surface area is 117 Å². The fraction of sp³-hybridized carbons (Fsp3) is 0.385. The van der Waals surface area contributed by atoms with Crippen molar-refractivity contribution >= 4 is 17.3 Å². The predicted octanol–water partition coefficient (Wildman–Crippen LogP) is 1.28. The van der Waals surface area contributed by atoms with Crippen LogP contribution in [0.25, 0.3) is 0 Å². The van der Waals surface area contributed by atoms with Gasteiger partial charge in [0.05, 0.1) is 10.8 Å². The smallest absolute Gasteiger partial charge is 0.289 e. The highest BCUT2D eigenvalue weighted by atomic mass is 16.6. The van der Waals surface area contributed by atoms with Gasteiger partial charge in [0.25, 0.3) is 5.69 Å². The van der Waals surface area contributed by atoms with Crippen LogP contribution >= 0.6 is 0 Å². The number of hydrogen-bond donors (Lipinski definition) is 1. The zero-order valence-corrected chi connectivity index (χ0v) is 11.6. The number of carbonyl (C=O) groups excluding carboxylic acids is 1. The summed E-state index contributed by atoms with van der Waals surface area (Å²) in [4.78, 5) is 23.5. The first-order chi connectivity index (χ1) is 9.40. The molecular weight excluding hydrogens is 260 g/mol. The fourth-order valence-corrected chi connectivity index (χ4v) is 1.85. The van der Waals surface area contributed by atoms with Gasteiger partial charge in [0.15, 0.2) is 0 Å². The van der Waals surface area contributed by atoms with Crippen molar-refractivity contribution in [2.45, 2.75) is 6.92 Å². The molecule has 0 aromatic heterocycles. The van der Waals surface area contributed by atoms with Gasteiger partial charge in [0, 0.05) is 32.4 Å². The molecule has 7 heteroatoms. The molecule has 106 valence electrons. The minimum absolute atomic E-state index is 0.0199. The van der Waals surface area contributed by atoms with Crippen LogP contribution in [-0.4, -0.2) is 31.5 Å². The SMILES string of the molecule is CNC(=O)C(C)CN(C)c1ccc(C#N)c([N+](=O)[O-])c1. The van der Waals surface area contributed by atoms with Crippen LogP contribution in [-0.2, 0) is 4.79 Å². The second-order valence-electron chi connectivity index (χ2n) is 4.47. The molecule has 1 N–H and O–H groups in total. The first-order valence-electron chi connectivity index (χ1n) is 6.02. The van der Waals surface area contributed by atoms with E-state index in [0.717, 1.165) is 0 Å². The number of nitro groups is 1. The highest BCUT2D eigenvalue weighted by Crippen LogP contribution is 2.25. The van der Waals surface area contributed by atoms with Gasteiger partial charge in [-0.25, -0.2) is 0 Å². The Morgan fingerprint density at radius 3 is 2.75 bits per heavy atom. The first kappa shape index (κ1) is 15.4. The molecule has 0 spiro atoms. The summed E-state index contributed by atoms with van der Waals surface area (Å²) >= 11 is 0.